The van der Waals surface area contributed by atoms with Gasteiger partial charge in [-0.2, -0.15) is 0 Å². The molecule has 25 heavy (non-hydrogen) atoms. The first-order valence-electron chi connectivity index (χ1n) is 7.22. The van der Waals surface area contributed by atoms with Crippen molar-refractivity contribution in [3.8, 4) is 34.3 Å². The average molecular weight is 346 g/mol. The predicted molar refractivity (Wildman–Crippen MR) is 87.0 cm³/mol. The molecule has 0 saturated carbocycles. The van der Waals surface area contributed by atoms with Gasteiger partial charge in [0.1, 0.15) is 24.5 Å². The van der Waals surface area contributed by atoms with E-state index < -0.39 is 16.9 Å². The van der Waals surface area contributed by atoms with Crippen LogP contribution >= 0.6 is 0 Å². The normalized spacial score (nSPS) is 10.9. The van der Waals surface area contributed by atoms with Gasteiger partial charge in [-0.3, -0.25) is 10.1 Å². The highest BCUT2D eigenvalue weighted by Gasteiger charge is 2.17. The van der Waals surface area contributed by atoms with E-state index in [0.717, 1.165) is 6.07 Å². The Morgan fingerprint density at radius 1 is 0.960 bits per heavy atom. The first kappa shape index (κ1) is 16.6. The van der Waals surface area contributed by atoms with Crippen LogP contribution < -0.4 is 10.2 Å². The minimum Gasteiger partial charge on any atom is -0.504 e. The second-order valence-corrected chi connectivity index (χ2v) is 5.15. The van der Waals surface area contributed by atoms with E-state index in [1.807, 2.05) is 0 Å². The van der Waals surface area contributed by atoms with Crippen molar-refractivity contribution >= 4 is 11.0 Å². The predicted octanol–water partition coefficient (Wildman–Crippen LogP) is 2.45. The fourth-order valence-corrected chi connectivity index (χ4v) is 2.31. The van der Waals surface area contributed by atoms with Gasteiger partial charge in [-0.15, -0.1) is 0 Å². The molecule has 8 heteroatoms. The van der Waals surface area contributed by atoms with Crippen molar-refractivity contribution in [1.82, 2.24) is 0 Å². The van der Waals surface area contributed by atoms with Crippen LogP contribution in [-0.2, 0) is 4.89 Å². The fraction of sp³-hybridized carbons (Fsp3) is 0.118. The molecule has 0 aliphatic rings. The van der Waals surface area contributed by atoms with Gasteiger partial charge < -0.3 is 24.5 Å². The molecule has 1 aromatic heterocycles. The second-order valence-electron chi connectivity index (χ2n) is 5.15. The SMILES string of the molecule is O=c1c(O)c(-c2ccc(O)c(O)c2)oc2cc(OCCOO)ccc12. The van der Waals surface area contributed by atoms with E-state index in [-0.39, 0.29) is 41.3 Å². The van der Waals surface area contributed by atoms with Crippen LogP contribution in [0.15, 0.2) is 45.6 Å². The Morgan fingerprint density at radius 2 is 1.76 bits per heavy atom. The van der Waals surface area contributed by atoms with E-state index in [0.29, 0.717) is 5.75 Å². The van der Waals surface area contributed by atoms with E-state index in [2.05, 4.69) is 4.89 Å². The second kappa shape index (κ2) is 6.71. The van der Waals surface area contributed by atoms with Crippen LogP contribution in [0.3, 0.4) is 0 Å². The van der Waals surface area contributed by atoms with Crippen LogP contribution in [0.4, 0.5) is 0 Å². The molecule has 0 radical (unpaired) electrons. The molecule has 0 bridgehead atoms. The van der Waals surface area contributed by atoms with Crippen molar-refractivity contribution in [2.75, 3.05) is 13.2 Å². The van der Waals surface area contributed by atoms with Crippen molar-refractivity contribution in [3.05, 3.63) is 46.6 Å². The lowest BCUT2D eigenvalue weighted by Crippen LogP contribution is -2.06. The lowest BCUT2D eigenvalue weighted by molar-refractivity contribution is -0.245. The molecule has 0 fully saturated rings. The lowest BCUT2D eigenvalue weighted by Gasteiger charge is -2.09. The van der Waals surface area contributed by atoms with Gasteiger partial charge in [-0.25, -0.2) is 4.89 Å². The minimum absolute atomic E-state index is 0.0321. The van der Waals surface area contributed by atoms with Gasteiger partial charge >= 0.3 is 0 Å². The number of rotatable bonds is 5. The molecule has 130 valence electrons. The van der Waals surface area contributed by atoms with Crippen molar-refractivity contribution in [2.24, 2.45) is 0 Å². The van der Waals surface area contributed by atoms with E-state index >= 15 is 0 Å². The van der Waals surface area contributed by atoms with Crippen LogP contribution in [0.5, 0.6) is 23.0 Å². The maximum absolute atomic E-state index is 12.3. The summed E-state index contributed by atoms with van der Waals surface area (Å²) in [5.74, 6) is -1.14. The number of hydrogen-bond acceptors (Lipinski definition) is 8. The quantitative estimate of drug-likeness (QED) is 0.240. The van der Waals surface area contributed by atoms with Gasteiger partial charge in [0, 0.05) is 11.6 Å². The summed E-state index contributed by atoms with van der Waals surface area (Å²) in [4.78, 5) is 16.2. The molecular formula is C17H14O8. The van der Waals surface area contributed by atoms with Crippen molar-refractivity contribution < 1.29 is 34.6 Å². The monoisotopic (exact) mass is 346 g/mol. The molecule has 3 rings (SSSR count). The summed E-state index contributed by atoms with van der Waals surface area (Å²) in [5.41, 5.74) is -0.270. The summed E-state index contributed by atoms with van der Waals surface area (Å²) in [6.07, 6.45) is 0. The van der Waals surface area contributed by atoms with E-state index in [1.165, 1.54) is 30.3 Å². The Bertz CT molecular complexity index is 976. The van der Waals surface area contributed by atoms with Gasteiger partial charge in [0.2, 0.25) is 11.2 Å². The Hall–Kier alpha value is -3.23. The number of ether oxygens (including phenoxy) is 1. The lowest BCUT2D eigenvalue weighted by atomic mass is 10.1. The molecule has 4 N–H and O–H groups in total. The molecule has 0 amide bonds. The highest BCUT2D eigenvalue weighted by Crippen LogP contribution is 2.35. The number of phenols is 2. The highest BCUT2D eigenvalue weighted by atomic mass is 17.1. The molecule has 0 aliphatic carbocycles. The highest BCUT2D eigenvalue weighted by molar-refractivity contribution is 5.83. The molecule has 0 atom stereocenters. The molecule has 0 unspecified atom stereocenters. The van der Waals surface area contributed by atoms with E-state index in [1.54, 1.807) is 0 Å². The Balaban J connectivity index is 2.10. The Morgan fingerprint density at radius 3 is 2.48 bits per heavy atom. The Kier molecular flexibility index (Phi) is 4.46. The molecule has 0 saturated heterocycles. The fourth-order valence-electron chi connectivity index (χ4n) is 2.31. The van der Waals surface area contributed by atoms with Crippen LogP contribution in [-0.4, -0.2) is 33.8 Å². The smallest absolute Gasteiger partial charge is 0.235 e. The van der Waals surface area contributed by atoms with Gasteiger partial charge in [0.15, 0.2) is 17.3 Å². The summed E-state index contributed by atoms with van der Waals surface area (Å²) >= 11 is 0. The third kappa shape index (κ3) is 3.21. The molecule has 0 aliphatic heterocycles. The van der Waals surface area contributed by atoms with Gasteiger partial charge in [0.05, 0.1) is 5.39 Å². The molecule has 8 nitrogen and oxygen atoms in total. The standard InChI is InChI=1S/C17H14O8/c18-12-4-1-9(7-13(12)19)17-16(21)15(20)11-3-2-10(8-14(11)25-17)23-5-6-24-22/h1-4,7-8,18-19,21-22H,5-6H2. The number of benzene rings is 2. The van der Waals surface area contributed by atoms with Crippen LogP contribution in [0.25, 0.3) is 22.3 Å². The molecule has 1 heterocycles. The zero-order valence-electron chi connectivity index (χ0n) is 12.8. The number of hydrogen-bond donors (Lipinski definition) is 4. The van der Waals surface area contributed by atoms with Gasteiger partial charge in [-0.1, -0.05) is 0 Å². The zero-order valence-corrected chi connectivity index (χ0v) is 12.8. The van der Waals surface area contributed by atoms with Crippen LogP contribution in [0.2, 0.25) is 0 Å². The summed E-state index contributed by atoms with van der Waals surface area (Å²) in [6.45, 7) is 0.0542. The largest absolute Gasteiger partial charge is 0.504 e. The minimum atomic E-state index is -0.644. The molecule has 2 aromatic carbocycles. The van der Waals surface area contributed by atoms with E-state index in [9.17, 15) is 20.1 Å². The van der Waals surface area contributed by atoms with Gasteiger partial charge in [-0.05, 0) is 30.3 Å². The average Bonchev–Trinajstić information content (AvgIpc) is 2.61. The first-order valence-corrected chi connectivity index (χ1v) is 7.22. The molecule has 0 spiro atoms. The Labute approximate surface area is 140 Å². The first-order chi connectivity index (χ1) is 12.0. The summed E-state index contributed by atoms with van der Waals surface area (Å²) in [6, 6.07) is 8.17. The summed E-state index contributed by atoms with van der Waals surface area (Å²) < 4.78 is 10.9. The molecule has 3 aromatic rings. The summed E-state index contributed by atoms with van der Waals surface area (Å²) in [7, 11) is 0. The van der Waals surface area contributed by atoms with Crippen LogP contribution in [0.1, 0.15) is 0 Å². The van der Waals surface area contributed by atoms with Crippen molar-refractivity contribution in [3.63, 3.8) is 0 Å². The molecular weight excluding hydrogens is 332 g/mol. The van der Waals surface area contributed by atoms with Crippen molar-refractivity contribution in [2.45, 2.75) is 0 Å². The number of fused-ring (bicyclic) bond motifs is 1. The number of phenolic OH excluding ortho intramolecular Hbond substituents is 2. The number of aromatic hydroxyl groups is 3. The van der Waals surface area contributed by atoms with E-state index in [4.69, 9.17) is 14.4 Å². The topological polar surface area (TPSA) is 130 Å². The summed E-state index contributed by atoms with van der Waals surface area (Å²) in [5, 5.41) is 37.5. The maximum Gasteiger partial charge on any atom is 0.235 e. The zero-order chi connectivity index (χ0) is 18.0. The maximum atomic E-state index is 12.3. The third-order valence-corrected chi connectivity index (χ3v) is 3.52. The van der Waals surface area contributed by atoms with Gasteiger partial charge in [0.25, 0.3) is 0 Å². The van der Waals surface area contributed by atoms with Crippen LogP contribution in [0, 0.1) is 0 Å². The third-order valence-electron chi connectivity index (χ3n) is 3.52. The van der Waals surface area contributed by atoms with Crippen molar-refractivity contribution in [1.29, 1.82) is 0 Å².